The zero-order valence-electron chi connectivity index (χ0n) is 13.5. The van der Waals surface area contributed by atoms with Gasteiger partial charge in [-0.25, -0.2) is 0 Å². The van der Waals surface area contributed by atoms with Crippen molar-refractivity contribution in [1.82, 2.24) is 0 Å². The largest absolute Gasteiger partial charge is 0.368 e. The van der Waals surface area contributed by atoms with Gasteiger partial charge in [0.15, 0.2) is 6.29 Å². The molecular weight excluding hydrogens is 236 g/mol. The van der Waals surface area contributed by atoms with Gasteiger partial charge in [0, 0.05) is 6.42 Å². The van der Waals surface area contributed by atoms with Gasteiger partial charge in [-0.1, -0.05) is 78.6 Å². The Labute approximate surface area is 120 Å². The topological polar surface area (TPSA) is 40.5 Å². The molecule has 0 aromatic carbocycles. The first-order chi connectivity index (χ1) is 9.04. The number of aliphatic hydroxyl groups is 2. The molecule has 2 N–H and O–H groups in total. The second-order valence-electron chi connectivity index (χ2n) is 6.47. The summed E-state index contributed by atoms with van der Waals surface area (Å²) in [7, 11) is 0. The fourth-order valence-corrected chi connectivity index (χ4v) is 2.90. The summed E-state index contributed by atoms with van der Waals surface area (Å²) >= 11 is 0. The average molecular weight is 272 g/mol. The highest BCUT2D eigenvalue weighted by Crippen LogP contribution is 2.35. The Balaban J connectivity index is 3.96. The van der Waals surface area contributed by atoms with Crippen LogP contribution in [0.3, 0.4) is 0 Å². The molecule has 0 heterocycles. The summed E-state index contributed by atoms with van der Waals surface area (Å²) in [4.78, 5) is 0. The molecule has 0 fully saturated rings. The third-order valence-electron chi connectivity index (χ3n) is 4.19. The summed E-state index contributed by atoms with van der Waals surface area (Å²) in [6, 6.07) is 0. The highest BCUT2D eigenvalue weighted by molar-refractivity contribution is 4.75. The maximum atomic E-state index is 9.29. The van der Waals surface area contributed by atoms with Gasteiger partial charge in [0.2, 0.25) is 0 Å². The molecular formula is C17H36O2. The molecule has 0 aromatic rings. The minimum absolute atomic E-state index is 0.119. The first-order valence-corrected chi connectivity index (χ1v) is 8.40. The molecule has 1 atom stereocenters. The summed E-state index contributed by atoms with van der Waals surface area (Å²) in [6.45, 7) is 6.70. The highest BCUT2D eigenvalue weighted by atomic mass is 16.5. The monoisotopic (exact) mass is 272 g/mol. The Hall–Kier alpha value is -0.0800. The van der Waals surface area contributed by atoms with Gasteiger partial charge in [-0.3, -0.25) is 0 Å². The molecule has 116 valence electrons. The van der Waals surface area contributed by atoms with Crippen LogP contribution in [-0.4, -0.2) is 16.5 Å². The van der Waals surface area contributed by atoms with Gasteiger partial charge in [0.25, 0.3) is 0 Å². The molecule has 0 amide bonds. The molecule has 2 heteroatoms. The molecule has 1 unspecified atom stereocenters. The predicted octanol–water partition coefficient (Wildman–Crippen LogP) is 5.02. The summed E-state index contributed by atoms with van der Waals surface area (Å²) < 4.78 is 0. The Morgan fingerprint density at radius 3 is 1.58 bits per heavy atom. The summed E-state index contributed by atoms with van der Waals surface area (Å²) in [6.07, 6.45) is 13.2. The molecule has 0 rings (SSSR count). The van der Waals surface area contributed by atoms with Crippen LogP contribution in [0.5, 0.6) is 0 Å². The minimum atomic E-state index is -1.15. The zero-order chi connectivity index (χ0) is 14.6. The van der Waals surface area contributed by atoms with E-state index >= 15 is 0 Å². The van der Waals surface area contributed by atoms with Crippen LogP contribution in [0.4, 0.5) is 0 Å². The minimum Gasteiger partial charge on any atom is -0.368 e. The normalized spacial score (nSPS) is 14.8. The van der Waals surface area contributed by atoms with E-state index in [0.717, 1.165) is 12.8 Å². The van der Waals surface area contributed by atoms with E-state index in [1.54, 1.807) is 0 Å². The number of unbranched alkanes of at least 4 members (excludes halogenated alkanes) is 7. The van der Waals surface area contributed by atoms with Gasteiger partial charge in [-0.05, 0) is 18.3 Å². The highest BCUT2D eigenvalue weighted by Gasteiger charge is 2.25. The standard InChI is InChI=1S/C17H36O2/c1-4-6-8-10-12-14-17(3,15-16(18)19)13-11-9-7-5-2/h16,18-19H,4-15H2,1-3H3. The van der Waals surface area contributed by atoms with Crippen LogP contribution in [0.1, 0.15) is 97.8 Å². The van der Waals surface area contributed by atoms with Gasteiger partial charge in [0.05, 0.1) is 0 Å². The Kier molecular flexibility index (Phi) is 11.7. The quantitative estimate of drug-likeness (QED) is 0.365. The molecule has 19 heavy (non-hydrogen) atoms. The van der Waals surface area contributed by atoms with Crippen LogP contribution in [0.2, 0.25) is 0 Å². The molecule has 0 aliphatic rings. The molecule has 0 bridgehead atoms. The van der Waals surface area contributed by atoms with E-state index in [0.29, 0.717) is 6.42 Å². The summed E-state index contributed by atoms with van der Waals surface area (Å²) in [5, 5.41) is 18.6. The first-order valence-electron chi connectivity index (χ1n) is 8.40. The SMILES string of the molecule is CCCCCCCC(C)(CCCCCC)CC(O)O. The molecule has 0 aliphatic carbocycles. The lowest BCUT2D eigenvalue weighted by atomic mass is 9.77. The number of aliphatic hydroxyl groups excluding tert-OH is 1. The molecule has 0 saturated carbocycles. The van der Waals surface area contributed by atoms with E-state index in [1.807, 2.05) is 0 Å². The number of rotatable bonds is 13. The van der Waals surface area contributed by atoms with Crippen molar-refractivity contribution in [3.8, 4) is 0 Å². The Morgan fingerprint density at radius 2 is 1.16 bits per heavy atom. The molecule has 0 saturated heterocycles. The van der Waals surface area contributed by atoms with Gasteiger partial charge < -0.3 is 10.2 Å². The fourth-order valence-electron chi connectivity index (χ4n) is 2.90. The van der Waals surface area contributed by atoms with Crippen LogP contribution in [0.25, 0.3) is 0 Å². The van der Waals surface area contributed by atoms with E-state index in [2.05, 4.69) is 20.8 Å². The smallest absolute Gasteiger partial charge is 0.151 e. The second kappa shape index (κ2) is 11.7. The van der Waals surface area contributed by atoms with Crippen molar-refractivity contribution in [3.05, 3.63) is 0 Å². The Bertz CT molecular complexity index is 192. The second-order valence-corrected chi connectivity index (χ2v) is 6.47. The molecule has 2 nitrogen and oxygen atoms in total. The molecule has 0 aliphatic heterocycles. The molecule has 0 spiro atoms. The average Bonchev–Trinajstić information content (AvgIpc) is 2.34. The van der Waals surface area contributed by atoms with Crippen molar-refractivity contribution in [2.24, 2.45) is 5.41 Å². The van der Waals surface area contributed by atoms with Crippen LogP contribution >= 0.6 is 0 Å². The number of hydrogen-bond acceptors (Lipinski definition) is 2. The van der Waals surface area contributed by atoms with Crippen molar-refractivity contribution in [1.29, 1.82) is 0 Å². The van der Waals surface area contributed by atoms with Crippen molar-refractivity contribution in [2.75, 3.05) is 0 Å². The van der Waals surface area contributed by atoms with Crippen molar-refractivity contribution >= 4 is 0 Å². The summed E-state index contributed by atoms with van der Waals surface area (Å²) in [5.74, 6) is 0. The van der Waals surface area contributed by atoms with Crippen molar-refractivity contribution in [3.63, 3.8) is 0 Å². The fraction of sp³-hybridized carbons (Fsp3) is 1.00. The van der Waals surface area contributed by atoms with Gasteiger partial charge in [-0.15, -0.1) is 0 Å². The van der Waals surface area contributed by atoms with E-state index in [9.17, 15) is 10.2 Å². The van der Waals surface area contributed by atoms with Gasteiger partial charge in [-0.2, -0.15) is 0 Å². The Morgan fingerprint density at radius 1 is 0.737 bits per heavy atom. The maximum Gasteiger partial charge on any atom is 0.151 e. The predicted molar refractivity (Wildman–Crippen MR) is 83.1 cm³/mol. The lowest BCUT2D eigenvalue weighted by molar-refractivity contribution is -0.0735. The van der Waals surface area contributed by atoms with E-state index in [1.165, 1.54) is 57.8 Å². The lowest BCUT2D eigenvalue weighted by Crippen LogP contribution is -2.23. The molecule has 0 aromatic heterocycles. The number of hydrogen-bond donors (Lipinski definition) is 2. The molecule has 0 radical (unpaired) electrons. The van der Waals surface area contributed by atoms with Crippen LogP contribution in [0.15, 0.2) is 0 Å². The van der Waals surface area contributed by atoms with Crippen molar-refractivity contribution < 1.29 is 10.2 Å². The van der Waals surface area contributed by atoms with Crippen LogP contribution in [-0.2, 0) is 0 Å². The maximum absolute atomic E-state index is 9.29. The van der Waals surface area contributed by atoms with E-state index in [-0.39, 0.29) is 5.41 Å². The van der Waals surface area contributed by atoms with Crippen molar-refractivity contribution in [2.45, 2.75) is 104 Å². The lowest BCUT2D eigenvalue weighted by Gasteiger charge is -2.30. The van der Waals surface area contributed by atoms with Crippen LogP contribution in [0, 0.1) is 5.41 Å². The van der Waals surface area contributed by atoms with Gasteiger partial charge in [0.1, 0.15) is 0 Å². The third-order valence-corrected chi connectivity index (χ3v) is 4.19. The third kappa shape index (κ3) is 11.4. The first kappa shape index (κ1) is 18.9. The van der Waals surface area contributed by atoms with Gasteiger partial charge >= 0.3 is 0 Å². The van der Waals surface area contributed by atoms with E-state index < -0.39 is 6.29 Å². The van der Waals surface area contributed by atoms with Crippen LogP contribution < -0.4 is 0 Å². The summed E-state index contributed by atoms with van der Waals surface area (Å²) in [5.41, 5.74) is 0.119. The zero-order valence-corrected chi connectivity index (χ0v) is 13.5. The van der Waals surface area contributed by atoms with E-state index in [4.69, 9.17) is 0 Å².